The van der Waals surface area contributed by atoms with E-state index in [4.69, 9.17) is 0 Å². The molecule has 158 valence electrons. The molecule has 1 aromatic carbocycles. The molecule has 0 aliphatic carbocycles. The van der Waals surface area contributed by atoms with Crippen LogP contribution >= 0.6 is 0 Å². The summed E-state index contributed by atoms with van der Waals surface area (Å²) in [4.78, 5) is 21.7. The van der Waals surface area contributed by atoms with E-state index in [-0.39, 0.29) is 11.9 Å². The van der Waals surface area contributed by atoms with Crippen LogP contribution in [0.1, 0.15) is 45.8 Å². The van der Waals surface area contributed by atoms with Crippen molar-refractivity contribution in [1.29, 1.82) is 5.26 Å². The number of nitriles is 1. The van der Waals surface area contributed by atoms with Gasteiger partial charge < -0.3 is 14.4 Å². The van der Waals surface area contributed by atoms with Crippen LogP contribution in [0.25, 0.3) is 0 Å². The van der Waals surface area contributed by atoms with Gasteiger partial charge in [0.2, 0.25) is 0 Å². The molecule has 3 aromatic rings. The molecule has 0 N–H and O–H groups in total. The quantitative estimate of drug-likeness (QED) is 0.650. The van der Waals surface area contributed by atoms with Crippen LogP contribution in [0.3, 0.4) is 0 Å². The van der Waals surface area contributed by atoms with Crippen LogP contribution in [-0.2, 0) is 0 Å². The van der Waals surface area contributed by atoms with E-state index in [1.54, 1.807) is 18.3 Å². The largest absolute Gasteiger partial charge is 0.352 e. The summed E-state index contributed by atoms with van der Waals surface area (Å²) in [6, 6.07) is 18.3. The fourth-order valence-electron chi connectivity index (χ4n) is 4.50. The highest BCUT2D eigenvalue weighted by Gasteiger charge is 2.27. The fraction of sp³-hybridized carbons (Fsp3) is 0.320. The lowest BCUT2D eigenvalue weighted by molar-refractivity contribution is 0.0745. The number of pyridine rings is 1. The molecule has 2 aromatic heterocycles. The zero-order valence-corrected chi connectivity index (χ0v) is 18.2. The molecule has 0 radical (unpaired) electrons. The van der Waals surface area contributed by atoms with Crippen LogP contribution in [0.4, 0.5) is 5.82 Å². The molecular weight excluding hydrogens is 386 g/mol. The van der Waals surface area contributed by atoms with Crippen LogP contribution in [0.5, 0.6) is 0 Å². The Bertz CT molecular complexity index is 1120. The van der Waals surface area contributed by atoms with Gasteiger partial charge in [-0.3, -0.25) is 4.79 Å². The predicted octanol–water partition coefficient (Wildman–Crippen LogP) is 3.94. The van der Waals surface area contributed by atoms with Crippen LogP contribution in [-0.4, -0.2) is 46.5 Å². The molecule has 1 aliphatic heterocycles. The highest BCUT2D eigenvalue weighted by Crippen LogP contribution is 2.27. The minimum absolute atomic E-state index is 0.0702. The van der Waals surface area contributed by atoms with Gasteiger partial charge in [0.1, 0.15) is 11.9 Å². The molecule has 6 heteroatoms. The Hall–Kier alpha value is -3.59. The van der Waals surface area contributed by atoms with E-state index in [9.17, 15) is 10.1 Å². The van der Waals surface area contributed by atoms with Crippen molar-refractivity contribution in [1.82, 2.24) is 14.5 Å². The highest BCUT2D eigenvalue weighted by atomic mass is 16.2. The maximum absolute atomic E-state index is 13.3. The summed E-state index contributed by atoms with van der Waals surface area (Å²) in [5, 5.41) is 9.34. The Labute approximate surface area is 183 Å². The molecule has 1 amide bonds. The summed E-state index contributed by atoms with van der Waals surface area (Å²) in [7, 11) is 0. The third kappa shape index (κ3) is 3.91. The second kappa shape index (κ2) is 8.65. The number of carbonyl (C=O) groups excluding carboxylic acids is 1. The first-order valence-electron chi connectivity index (χ1n) is 10.6. The van der Waals surface area contributed by atoms with E-state index in [1.807, 2.05) is 36.1 Å². The van der Waals surface area contributed by atoms with Gasteiger partial charge >= 0.3 is 0 Å². The maximum Gasteiger partial charge on any atom is 0.255 e. The summed E-state index contributed by atoms with van der Waals surface area (Å²) in [5.41, 5.74) is 4.64. The Kier molecular flexibility index (Phi) is 5.77. The summed E-state index contributed by atoms with van der Waals surface area (Å²) >= 11 is 0. The average molecular weight is 414 g/mol. The van der Waals surface area contributed by atoms with Gasteiger partial charge in [-0.25, -0.2) is 4.98 Å². The van der Waals surface area contributed by atoms with Gasteiger partial charge in [-0.05, 0) is 44.5 Å². The number of rotatable bonds is 4. The number of carbonyl (C=O) groups is 1. The number of hydrogen-bond donors (Lipinski definition) is 0. The van der Waals surface area contributed by atoms with Crippen LogP contribution < -0.4 is 4.90 Å². The molecule has 0 saturated carbocycles. The van der Waals surface area contributed by atoms with Crippen molar-refractivity contribution in [3.05, 3.63) is 82.8 Å². The van der Waals surface area contributed by atoms with Crippen molar-refractivity contribution in [2.45, 2.75) is 26.8 Å². The number of benzene rings is 1. The van der Waals surface area contributed by atoms with Gasteiger partial charge in [-0.15, -0.1) is 0 Å². The van der Waals surface area contributed by atoms with Crippen LogP contribution in [0, 0.1) is 25.2 Å². The minimum atomic E-state index is 0.0702. The van der Waals surface area contributed by atoms with Crippen molar-refractivity contribution in [3.8, 4) is 6.07 Å². The normalized spacial score (nSPS) is 14.9. The average Bonchev–Trinajstić information content (AvgIpc) is 3.12. The molecule has 6 nitrogen and oxygen atoms in total. The van der Waals surface area contributed by atoms with E-state index < -0.39 is 0 Å². The van der Waals surface area contributed by atoms with Gasteiger partial charge in [-0.1, -0.05) is 30.3 Å². The molecule has 1 atom stereocenters. The maximum atomic E-state index is 13.3. The van der Waals surface area contributed by atoms with Crippen molar-refractivity contribution >= 4 is 11.7 Å². The van der Waals surface area contributed by atoms with E-state index in [2.05, 4.69) is 46.5 Å². The monoisotopic (exact) mass is 413 g/mol. The zero-order chi connectivity index (χ0) is 22.0. The summed E-state index contributed by atoms with van der Waals surface area (Å²) < 4.78 is 2.24. The Morgan fingerprint density at radius 3 is 2.45 bits per heavy atom. The van der Waals surface area contributed by atoms with Gasteiger partial charge in [-0.2, -0.15) is 5.26 Å². The molecule has 0 spiro atoms. The number of aryl methyl sites for hydroxylation is 1. The summed E-state index contributed by atoms with van der Waals surface area (Å²) in [6.45, 7) is 8.81. The van der Waals surface area contributed by atoms with Gasteiger partial charge in [0.25, 0.3) is 5.91 Å². The molecule has 1 unspecified atom stereocenters. The molecule has 1 saturated heterocycles. The zero-order valence-electron chi connectivity index (χ0n) is 18.2. The second-order valence-electron chi connectivity index (χ2n) is 8.01. The first kappa shape index (κ1) is 20.7. The van der Waals surface area contributed by atoms with Crippen molar-refractivity contribution in [3.63, 3.8) is 0 Å². The molecule has 0 bridgehead atoms. The van der Waals surface area contributed by atoms with Crippen LogP contribution in [0.2, 0.25) is 0 Å². The van der Waals surface area contributed by atoms with Crippen molar-refractivity contribution in [2.24, 2.45) is 0 Å². The number of amides is 1. The highest BCUT2D eigenvalue weighted by molar-refractivity contribution is 5.96. The number of anilines is 1. The van der Waals surface area contributed by atoms with Gasteiger partial charge in [0.15, 0.2) is 0 Å². The number of piperazine rings is 1. The van der Waals surface area contributed by atoms with E-state index in [1.165, 1.54) is 5.56 Å². The van der Waals surface area contributed by atoms with Gasteiger partial charge in [0, 0.05) is 43.8 Å². The molecule has 4 rings (SSSR count). The molecule has 3 heterocycles. The lowest BCUT2D eigenvalue weighted by atomic mass is 10.1. The molecular formula is C25H27N5O. The Balaban J connectivity index is 1.51. The standard InChI is InChI=1S/C25H27N5O/c1-18-16-23(20(3)30(18)19(2)21-8-5-4-6-9-21)25(31)29-14-12-28(13-15-29)24-22(17-26)10-7-11-27-24/h4-11,16,19H,12-15H2,1-3H3. The second-order valence-corrected chi connectivity index (χ2v) is 8.01. The topological polar surface area (TPSA) is 65.2 Å². The molecule has 1 fully saturated rings. The van der Waals surface area contributed by atoms with E-state index >= 15 is 0 Å². The smallest absolute Gasteiger partial charge is 0.255 e. The van der Waals surface area contributed by atoms with Crippen molar-refractivity contribution in [2.75, 3.05) is 31.1 Å². The fourth-order valence-corrected chi connectivity index (χ4v) is 4.50. The number of nitrogens with zero attached hydrogens (tertiary/aromatic N) is 5. The third-order valence-electron chi connectivity index (χ3n) is 6.16. The SMILES string of the molecule is Cc1cc(C(=O)N2CCN(c3ncccc3C#N)CC2)c(C)n1C(C)c1ccccc1. The first-order chi connectivity index (χ1) is 15.0. The Morgan fingerprint density at radius 2 is 1.77 bits per heavy atom. The van der Waals surface area contributed by atoms with Gasteiger partial charge in [0.05, 0.1) is 17.2 Å². The lowest BCUT2D eigenvalue weighted by Crippen LogP contribution is -2.49. The summed E-state index contributed by atoms with van der Waals surface area (Å²) in [5.74, 6) is 0.771. The van der Waals surface area contributed by atoms with E-state index in [0.717, 1.165) is 17.0 Å². The number of aromatic nitrogens is 2. The van der Waals surface area contributed by atoms with Crippen molar-refractivity contribution < 1.29 is 4.79 Å². The minimum Gasteiger partial charge on any atom is -0.352 e. The third-order valence-corrected chi connectivity index (χ3v) is 6.16. The molecule has 31 heavy (non-hydrogen) atoms. The predicted molar refractivity (Wildman–Crippen MR) is 121 cm³/mol. The number of hydrogen-bond acceptors (Lipinski definition) is 4. The summed E-state index contributed by atoms with van der Waals surface area (Å²) in [6.07, 6.45) is 1.70. The van der Waals surface area contributed by atoms with E-state index in [0.29, 0.717) is 37.6 Å². The Morgan fingerprint density at radius 1 is 1.06 bits per heavy atom. The van der Waals surface area contributed by atoms with Crippen LogP contribution in [0.15, 0.2) is 54.7 Å². The first-order valence-corrected chi connectivity index (χ1v) is 10.6. The lowest BCUT2D eigenvalue weighted by Gasteiger charge is -2.35. The molecule has 1 aliphatic rings.